The fraction of sp³-hybridized carbons (Fsp3) is 0.765. The highest BCUT2D eigenvalue weighted by Crippen LogP contribution is 2.29. The van der Waals surface area contributed by atoms with Crippen molar-refractivity contribution >= 4 is 11.8 Å². The summed E-state index contributed by atoms with van der Waals surface area (Å²) in [6.45, 7) is 14.6. The minimum Gasteiger partial charge on any atom is -0.342 e. The lowest BCUT2D eigenvalue weighted by Gasteiger charge is -2.45. The molecular formula is C17H30N2O2. The smallest absolute Gasteiger partial charge is 0.246 e. The van der Waals surface area contributed by atoms with Crippen molar-refractivity contribution in [1.29, 1.82) is 0 Å². The molecule has 0 aromatic rings. The molecule has 1 aliphatic rings. The summed E-state index contributed by atoms with van der Waals surface area (Å²) < 4.78 is 0. The maximum atomic E-state index is 12.8. The number of piperazine rings is 1. The van der Waals surface area contributed by atoms with Crippen LogP contribution in [-0.2, 0) is 9.59 Å². The first-order valence-electron chi connectivity index (χ1n) is 7.83. The molecule has 1 N–H and O–H groups in total. The van der Waals surface area contributed by atoms with Crippen molar-refractivity contribution < 1.29 is 9.59 Å². The number of carbonyl (C=O) groups is 2. The van der Waals surface area contributed by atoms with Crippen LogP contribution in [-0.4, -0.2) is 35.3 Å². The van der Waals surface area contributed by atoms with Crippen LogP contribution in [0, 0.1) is 11.3 Å². The van der Waals surface area contributed by atoms with Crippen molar-refractivity contribution in [3.05, 3.63) is 11.6 Å². The van der Waals surface area contributed by atoms with Crippen LogP contribution < -0.4 is 5.32 Å². The maximum absolute atomic E-state index is 12.8. The van der Waals surface area contributed by atoms with E-state index in [1.807, 2.05) is 54.5 Å². The molecule has 0 aromatic carbocycles. The van der Waals surface area contributed by atoms with E-state index in [2.05, 4.69) is 5.32 Å². The Morgan fingerprint density at radius 2 is 1.90 bits per heavy atom. The van der Waals surface area contributed by atoms with Crippen molar-refractivity contribution in [1.82, 2.24) is 10.2 Å². The van der Waals surface area contributed by atoms with Gasteiger partial charge in [0.25, 0.3) is 0 Å². The van der Waals surface area contributed by atoms with Gasteiger partial charge in [-0.05, 0) is 25.2 Å². The highest BCUT2D eigenvalue weighted by molar-refractivity contribution is 5.97. The van der Waals surface area contributed by atoms with Gasteiger partial charge in [-0.15, -0.1) is 0 Å². The number of hydrogen-bond acceptors (Lipinski definition) is 2. The summed E-state index contributed by atoms with van der Waals surface area (Å²) in [4.78, 5) is 27.1. The monoisotopic (exact) mass is 294 g/mol. The molecule has 0 bridgehead atoms. The third-order valence-electron chi connectivity index (χ3n) is 4.14. The minimum atomic E-state index is -0.416. The Labute approximate surface area is 129 Å². The first-order chi connectivity index (χ1) is 9.59. The molecule has 3 atom stereocenters. The normalized spacial score (nSPS) is 24.6. The zero-order valence-electron chi connectivity index (χ0n) is 14.5. The van der Waals surface area contributed by atoms with Crippen LogP contribution in [0.2, 0.25) is 0 Å². The lowest BCUT2D eigenvalue weighted by atomic mass is 9.81. The zero-order valence-corrected chi connectivity index (χ0v) is 14.5. The largest absolute Gasteiger partial charge is 0.342 e. The molecule has 4 nitrogen and oxygen atoms in total. The van der Waals surface area contributed by atoms with E-state index in [1.54, 1.807) is 4.90 Å². The van der Waals surface area contributed by atoms with E-state index >= 15 is 0 Å². The molecule has 1 heterocycles. The standard InChI is InChI=1S/C17H30N2O2/c1-8-12(4)13-16(21)19(10-9-11(2)3)14(15(20)18-13)17(5,6)7/h9,12-14H,8,10H2,1-7H3,(H,18,20). The molecule has 120 valence electrons. The fourth-order valence-electron chi connectivity index (χ4n) is 2.70. The topological polar surface area (TPSA) is 49.4 Å². The third kappa shape index (κ3) is 4.08. The van der Waals surface area contributed by atoms with Crippen LogP contribution in [0.3, 0.4) is 0 Å². The van der Waals surface area contributed by atoms with Crippen LogP contribution in [0.25, 0.3) is 0 Å². The number of amides is 2. The predicted octanol–water partition coefficient (Wildman–Crippen LogP) is 2.74. The average molecular weight is 294 g/mol. The second-order valence-corrected chi connectivity index (χ2v) is 7.41. The van der Waals surface area contributed by atoms with Crippen LogP contribution in [0.4, 0.5) is 0 Å². The number of carbonyl (C=O) groups excluding carboxylic acids is 2. The molecule has 3 unspecified atom stereocenters. The van der Waals surface area contributed by atoms with Gasteiger partial charge < -0.3 is 10.2 Å². The van der Waals surface area contributed by atoms with Gasteiger partial charge in [0.1, 0.15) is 12.1 Å². The molecule has 1 fully saturated rings. The van der Waals surface area contributed by atoms with Gasteiger partial charge in [0.2, 0.25) is 11.8 Å². The molecule has 1 rings (SSSR count). The Morgan fingerprint density at radius 1 is 1.33 bits per heavy atom. The van der Waals surface area contributed by atoms with Crippen molar-refractivity contribution in [2.24, 2.45) is 11.3 Å². The summed E-state index contributed by atoms with van der Waals surface area (Å²) in [6.07, 6.45) is 2.89. The molecule has 1 aliphatic heterocycles. The lowest BCUT2D eigenvalue weighted by Crippen LogP contribution is -2.67. The fourth-order valence-corrected chi connectivity index (χ4v) is 2.70. The van der Waals surface area contributed by atoms with Crippen molar-refractivity contribution in [3.63, 3.8) is 0 Å². The van der Waals surface area contributed by atoms with E-state index in [9.17, 15) is 9.59 Å². The Morgan fingerprint density at radius 3 is 2.33 bits per heavy atom. The molecule has 21 heavy (non-hydrogen) atoms. The number of allylic oxidation sites excluding steroid dienone is 1. The summed E-state index contributed by atoms with van der Waals surface area (Å²) in [5, 5.41) is 2.94. The van der Waals surface area contributed by atoms with Gasteiger partial charge in [0.05, 0.1) is 0 Å². The molecule has 0 spiro atoms. The Hall–Kier alpha value is -1.32. The van der Waals surface area contributed by atoms with E-state index in [0.29, 0.717) is 6.54 Å². The molecule has 0 radical (unpaired) electrons. The van der Waals surface area contributed by atoms with Gasteiger partial charge in [0, 0.05) is 6.54 Å². The van der Waals surface area contributed by atoms with Gasteiger partial charge >= 0.3 is 0 Å². The molecule has 0 aliphatic carbocycles. The molecule has 0 aromatic heterocycles. The molecule has 0 saturated carbocycles. The minimum absolute atomic E-state index is 0.0328. The Balaban J connectivity index is 3.14. The number of hydrogen-bond donors (Lipinski definition) is 1. The first-order valence-corrected chi connectivity index (χ1v) is 7.83. The van der Waals surface area contributed by atoms with Gasteiger partial charge in [-0.25, -0.2) is 0 Å². The van der Waals surface area contributed by atoms with Crippen molar-refractivity contribution in [2.45, 2.75) is 67.0 Å². The summed E-state index contributed by atoms with van der Waals surface area (Å²) in [6, 6.07) is -0.812. The molecule has 2 amide bonds. The van der Waals surface area contributed by atoms with E-state index in [0.717, 1.165) is 12.0 Å². The van der Waals surface area contributed by atoms with E-state index in [4.69, 9.17) is 0 Å². The molecular weight excluding hydrogens is 264 g/mol. The Kier molecular flexibility index (Phi) is 5.60. The summed E-state index contributed by atoms with van der Waals surface area (Å²) in [5.74, 6) is 0.160. The number of rotatable bonds is 4. The molecule has 1 saturated heterocycles. The highest BCUT2D eigenvalue weighted by Gasteiger charge is 2.46. The Bertz CT molecular complexity index is 431. The van der Waals surface area contributed by atoms with Gasteiger partial charge in [-0.2, -0.15) is 0 Å². The van der Waals surface area contributed by atoms with Gasteiger partial charge in [-0.3, -0.25) is 9.59 Å². The zero-order chi connectivity index (χ0) is 16.4. The van der Waals surface area contributed by atoms with Gasteiger partial charge in [-0.1, -0.05) is 52.7 Å². The van der Waals surface area contributed by atoms with Crippen LogP contribution in [0.5, 0.6) is 0 Å². The first kappa shape index (κ1) is 17.7. The predicted molar refractivity (Wildman–Crippen MR) is 85.8 cm³/mol. The SMILES string of the molecule is CCC(C)C1NC(=O)C(C(C)(C)C)N(CC=C(C)C)C1=O. The summed E-state index contributed by atoms with van der Waals surface area (Å²) in [7, 11) is 0. The quantitative estimate of drug-likeness (QED) is 0.811. The summed E-state index contributed by atoms with van der Waals surface area (Å²) >= 11 is 0. The second-order valence-electron chi connectivity index (χ2n) is 7.41. The van der Waals surface area contributed by atoms with Crippen LogP contribution in [0.15, 0.2) is 11.6 Å². The van der Waals surface area contributed by atoms with Crippen molar-refractivity contribution in [2.75, 3.05) is 6.54 Å². The van der Waals surface area contributed by atoms with Crippen LogP contribution >= 0.6 is 0 Å². The van der Waals surface area contributed by atoms with Crippen molar-refractivity contribution in [3.8, 4) is 0 Å². The maximum Gasteiger partial charge on any atom is 0.246 e. The summed E-state index contributed by atoms with van der Waals surface area (Å²) in [5.41, 5.74) is 0.872. The van der Waals surface area contributed by atoms with E-state index < -0.39 is 12.1 Å². The lowest BCUT2D eigenvalue weighted by molar-refractivity contribution is -0.154. The number of nitrogens with one attached hydrogen (secondary N) is 1. The van der Waals surface area contributed by atoms with Gasteiger partial charge in [0.15, 0.2) is 0 Å². The second kappa shape index (κ2) is 6.63. The van der Waals surface area contributed by atoms with E-state index in [1.165, 1.54) is 0 Å². The third-order valence-corrected chi connectivity index (χ3v) is 4.14. The number of nitrogens with zero attached hydrogens (tertiary/aromatic N) is 1. The molecule has 4 heteroatoms. The van der Waals surface area contributed by atoms with E-state index in [-0.39, 0.29) is 23.1 Å². The highest BCUT2D eigenvalue weighted by atomic mass is 16.2. The van der Waals surface area contributed by atoms with Crippen LogP contribution in [0.1, 0.15) is 54.9 Å². The average Bonchev–Trinajstić information content (AvgIpc) is 2.36.